The first-order chi connectivity index (χ1) is 23.8. The van der Waals surface area contributed by atoms with E-state index < -0.39 is 0 Å². The Balaban J connectivity index is 1.13. The second-order valence-corrected chi connectivity index (χ2v) is 14.6. The Labute approximate surface area is 290 Å². The fraction of sp³-hybridized carbons (Fsp3) is 0.125. The van der Waals surface area contributed by atoms with Crippen LogP contribution in [0.15, 0.2) is 164 Å². The van der Waals surface area contributed by atoms with Crippen molar-refractivity contribution in [3.05, 3.63) is 186 Å². The van der Waals surface area contributed by atoms with Crippen LogP contribution in [-0.2, 0) is 10.8 Å². The monoisotopic (exact) mass is 629 g/mol. The molecule has 9 rings (SSSR count). The molecule has 0 saturated carbocycles. The molecule has 0 bridgehead atoms. The van der Waals surface area contributed by atoms with E-state index in [4.69, 9.17) is 0 Å². The summed E-state index contributed by atoms with van der Waals surface area (Å²) in [5.41, 5.74) is 19.2. The normalized spacial score (nSPS) is 14.4. The van der Waals surface area contributed by atoms with E-state index in [9.17, 15) is 0 Å². The lowest BCUT2D eigenvalue weighted by molar-refractivity contribution is 0.660. The molecule has 1 heteroatoms. The number of hydrogen-bond acceptors (Lipinski definition) is 1. The molecule has 2 aliphatic carbocycles. The maximum atomic E-state index is 2.41. The third kappa shape index (κ3) is 4.60. The maximum Gasteiger partial charge on any atom is 0.0465 e. The van der Waals surface area contributed by atoms with Crippen LogP contribution in [0.5, 0.6) is 0 Å². The van der Waals surface area contributed by atoms with Crippen molar-refractivity contribution < 1.29 is 0 Å². The molecule has 0 N–H and O–H groups in total. The van der Waals surface area contributed by atoms with E-state index >= 15 is 0 Å². The quantitative estimate of drug-likeness (QED) is 0.183. The van der Waals surface area contributed by atoms with Crippen LogP contribution in [0.25, 0.3) is 44.5 Å². The van der Waals surface area contributed by atoms with Gasteiger partial charge in [-0.25, -0.2) is 0 Å². The summed E-state index contributed by atoms with van der Waals surface area (Å²) >= 11 is 0. The number of anilines is 3. The molecule has 1 nitrogen and oxygen atoms in total. The van der Waals surface area contributed by atoms with Crippen molar-refractivity contribution in [3.63, 3.8) is 0 Å². The second-order valence-electron chi connectivity index (χ2n) is 14.6. The van der Waals surface area contributed by atoms with Crippen LogP contribution >= 0.6 is 0 Å². The van der Waals surface area contributed by atoms with Gasteiger partial charge in [-0.15, -0.1) is 0 Å². The molecule has 0 radical (unpaired) electrons. The lowest BCUT2D eigenvalue weighted by Crippen LogP contribution is -2.16. The van der Waals surface area contributed by atoms with E-state index in [-0.39, 0.29) is 10.8 Å². The molecule has 7 aromatic rings. The Hall–Kier alpha value is -5.66. The molecule has 236 valence electrons. The van der Waals surface area contributed by atoms with E-state index in [1.165, 1.54) is 66.8 Å². The molecule has 2 aliphatic rings. The van der Waals surface area contributed by atoms with E-state index in [0.29, 0.717) is 0 Å². The molecule has 0 amide bonds. The maximum absolute atomic E-state index is 2.41. The summed E-state index contributed by atoms with van der Waals surface area (Å²) in [7, 11) is 0. The van der Waals surface area contributed by atoms with Crippen molar-refractivity contribution in [2.75, 3.05) is 4.90 Å². The highest BCUT2D eigenvalue weighted by Crippen LogP contribution is 2.52. The van der Waals surface area contributed by atoms with Gasteiger partial charge >= 0.3 is 0 Å². The molecule has 0 heterocycles. The summed E-state index contributed by atoms with van der Waals surface area (Å²) in [4.78, 5) is 2.40. The minimum absolute atomic E-state index is 0.0106. The van der Waals surface area contributed by atoms with Crippen molar-refractivity contribution in [1.82, 2.24) is 0 Å². The predicted octanol–water partition coefficient (Wildman–Crippen LogP) is 13.1. The summed E-state index contributed by atoms with van der Waals surface area (Å²) < 4.78 is 0. The minimum Gasteiger partial charge on any atom is -0.310 e. The van der Waals surface area contributed by atoms with Gasteiger partial charge in [0.25, 0.3) is 0 Å². The molecule has 0 aliphatic heterocycles. The summed E-state index contributed by atoms with van der Waals surface area (Å²) in [6, 6.07) is 60.5. The zero-order chi connectivity index (χ0) is 33.3. The first-order valence-corrected chi connectivity index (χ1v) is 17.4. The van der Waals surface area contributed by atoms with Gasteiger partial charge < -0.3 is 4.90 Å². The SMILES string of the molecule is CC1(C)c2ccccc2-c2cc(-c3ccc(N(c4ccc(-c5ccccc5)cc4)c4ccc5c(c4)C(C)(C)c4ccccc4-5)cc3)ccc21. The van der Waals surface area contributed by atoms with Gasteiger partial charge in [0.15, 0.2) is 0 Å². The fourth-order valence-electron chi connectivity index (χ4n) is 8.41. The molecule has 0 aromatic heterocycles. The number of nitrogens with zero attached hydrogens (tertiary/aromatic N) is 1. The van der Waals surface area contributed by atoms with E-state index in [0.717, 1.165) is 17.1 Å². The first-order valence-electron chi connectivity index (χ1n) is 17.4. The zero-order valence-corrected chi connectivity index (χ0v) is 28.5. The van der Waals surface area contributed by atoms with Crippen molar-refractivity contribution >= 4 is 17.1 Å². The Morgan fingerprint density at radius 2 is 0.735 bits per heavy atom. The lowest BCUT2D eigenvalue weighted by atomic mass is 9.82. The summed E-state index contributed by atoms with van der Waals surface area (Å²) in [6.45, 7) is 9.38. The van der Waals surface area contributed by atoms with Gasteiger partial charge in [-0.2, -0.15) is 0 Å². The van der Waals surface area contributed by atoms with Gasteiger partial charge in [0.05, 0.1) is 0 Å². The fourth-order valence-corrected chi connectivity index (χ4v) is 8.41. The number of benzene rings is 7. The lowest BCUT2D eigenvalue weighted by Gasteiger charge is -2.28. The zero-order valence-electron chi connectivity index (χ0n) is 28.5. The largest absolute Gasteiger partial charge is 0.310 e. The number of rotatable bonds is 5. The number of fused-ring (bicyclic) bond motifs is 6. The van der Waals surface area contributed by atoms with Gasteiger partial charge in [-0.1, -0.05) is 149 Å². The average molecular weight is 630 g/mol. The van der Waals surface area contributed by atoms with Gasteiger partial charge in [0.1, 0.15) is 0 Å². The van der Waals surface area contributed by atoms with Crippen molar-refractivity contribution in [1.29, 1.82) is 0 Å². The summed E-state index contributed by atoms with van der Waals surface area (Å²) in [6.07, 6.45) is 0. The van der Waals surface area contributed by atoms with Crippen LogP contribution in [0.1, 0.15) is 49.9 Å². The highest BCUT2D eigenvalue weighted by molar-refractivity contribution is 5.88. The summed E-state index contributed by atoms with van der Waals surface area (Å²) in [5, 5.41) is 0. The smallest absolute Gasteiger partial charge is 0.0465 e. The average Bonchev–Trinajstić information content (AvgIpc) is 3.52. The highest BCUT2D eigenvalue weighted by atomic mass is 15.1. The summed E-state index contributed by atoms with van der Waals surface area (Å²) in [5.74, 6) is 0. The van der Waals surface area contributed by atoms with Crippen molar-refractivity contribution in [2.45, 2.75) is 38.5 Å². The van der Waals surface area contributed by atoms with Crippen LogP contribution in [0.2, 0.25) is 0 Å². The van der Waals surface area contributed by atoms with E-state index in [2.05, 4.69) is 196 Å². The second kappa shape index (κ2) is 10.9. The third-order valence-corrected chi connectivity index (χ3v) is 11.1. The molecule has 0 unspecified atom stereocenters. The Morgan fingerprint density at radius 1 is 0.306 bits per heavy atom. The third-order valence-electron chi connectivity index (χ3n) is 11.1. The standard InChI is InChI=1S/C48H39N/c1-47(2)44-17-11-9-15-40(44)42-30-35(22-29-45(42)47)34-20-25-37(26-21-34)49(36-23-18-33(19-24-36)32-12-6-5-7-13-32)38-27-28-41-39-14-8-10-16-43(39)48(3,4)46(41)31-38/h5-31H,1-4H3. The van der Waals surface area contributed by atoms with E-state index in [1.807, 2.05) is 0 Å². The Kier molecular flexibility index (Phi) is 6.58. The van der Waals surface area contributed by atoms with Gasteiger partial charge in [-0.05, 0) is 109 Å². The topological polar surface area (TPSA) is 3.24 Å². The molecule has 0 saturated heterocycles. The molecule has 0 atom stereocenters. The number of hydrogen-bond donors (Lipinski definition) is 0. The van der Waals surface area contributed by atoms with Crippen LogP contribution < -0.4 is 4.90 Å². The molecular formula is C48H39N. The van der Waals surface area contributed by atoms with Crippen LogP contribution in [0.4, 0.5) is 17.1 Å². The molecule has 0 spiro atoms. The molecule has 7 aromatic carbocycles. The highest BCUT2D eigenvalue weighted by Gasteiger charge is 2.36. The van der Waals surface area contributed by atoms with Gasteiger partial charge in [-0.3, -0.25) is 0 Å². The first kappa shape index (κ1) is 29.5. The predicted molar refractivity (Wildman–Crippen MR) is 207 cm³/mol. The van der Waals surface area contributed by atoms with Gasteiger partial charge in [0, 0.05) is 27.9 Å². The van der Waals surface area contributed by atoms with Crippen LogP contribution in [0.3, 0.4) is 0 Å². The van der Waals surface area contributed by atoms with E-state index in [1.54, 1.807) is 0 Å². The van der Waals surface area contributed by atoms with Crippen LogP contribution in [0, 0.1) is 0 Å². The van der Waals surface area contributed by atoms with Gasteiger partial charge in [0.2, 0.25) is 0 Å². The van der Waals surface area contributed by atoms with Crippen molar-refractivity contribution in [3.8, 4) is 44.5 Å². The van der Waals surface area contributed by atoms with Crippen LogP contribution in [-0.4, -0.2) is 0 Å². The Bertz CT molecular complexity index is 2360. The van der Waals surface area contributed by atoms with Crippen molar-refractivity contribution in [2.24, 2.45) is 0 Å². The molecular weight excluding hydrogens is 591 g/mol. The Morgan fingerprint density at radius 3 is 1.37 bits per heavy atom. The minimum atomic E-state index is -0.0740. The molecule has 0 fully saturated rings. The molecule has 49 heavy (non-hydrogen) atoms.